The largest absolute Gasteiger partial charge is 0.486 e. The van der Waals surface area contributed by atoms with Crippen LogP contribution in [0, 0.1) is 12.8 Å². The lowest BCUT2D eigenvalue weighted by atomic mass is 9.85. The zero-order chi connectivity index (χ0) is 20.8. The lowest BCUT2D eigenvalue weighted by Gasteiger charge is -2.21. The molecule has 1 aliphatic rings. The van der Waals surface area contributed by atoms with Crippen molar-refractivity contribution in [2.75, 3.05) is 25.1 Å². The van der Waals surface area contributed by atoms with Gasteiger partial charge in [-0.25, -0.2) is 0 Å². The fourth-order valence-corrected chi connectivity index (χ4v) is 3.33. The van der Waals surface area contributed by atoms with E-state index in [-0.39, 0.29) is 24.3 Å². The Balaban J connectivity index is 1.51. The Morgan fingerprint density at radius 1 is 0.966 bits per heavy atom. The number of rotatable bonds is 7. The first-order chi connectivity index (χ1) is 13.9. The molecular weight excluding hydrogens is 368 g/mol. The standard InChI is InChI=1S/C23H28N2O4/c1-15(2)19(17-6-4-16(3)5-7-17)13-22(26)24-14-23(27)25-18-8-9-20-21(12-18)29-11-10-28-20/h4-9,12,15,19H,10-11,13-14H2,1-3H3,(H,24,26)(H,25,27). The van der Waals surface area contributed by atoms with Gasteiger partial charge in [0.15, 0.2) is 11.5 Å². The summed E-state index contributed by atoms with van der Waals surface area (Å²) in [5, 5.41) is 5.50. The van der Waals surface area contributed by atoms with Crippen molar-refractivity contribution in [1.82, 2.24) is 5.32 Å². The number of carbonyl (C=O) groups excluding carboxylic acids is 2. The number of anilines is 1. The van der Waals surface area contributed by atoms with Crippen LogP contribution in [-0.2, 0) is 9.59 Å². The highest BCUT2D eigenvalue weighted by molar-refractivity contribution is 5.94. The van der Waals surface area contributed by atoms with Gasteiger partial charge >= 0.3 is 0 Å². The van der Waals surface area contributed by atoms with Gasteiger partial charge in [-0.05, 0) is 36.5 Å². The van der Waals surface area contributed by atoms with Gasteiger partial charge in [0, 0.05) is 18.2 Å². The number of benzene rings is 2. The molecule has 29 heavy (non-hydrogen) atoms. The highest BCUT2D eigenvalue weighted by Crippen LogP contribution is 2.32. The number of hydrogen-bond acceptors (Lipinski definition) is 4. The zero-order valence-electron chi connectivity index (χ0n) is 17.2. The third kappa shape index (κ3) is 5.73. The van der Waals surface area contributed by atoms with Crippen LogP contribution >= 0.6 is 0 Å². The van der Waals surface area contributed by atoms with Crippen molar-refractivity contribution in [3.05, 3.63) is 53.6 Å². The molecule has 0 spiro atoms. The van der Waals surface area contributed by atoms with Crippen LogP contribution in [0.2, 0.25) is 0 Å². The fourth-order valence-electron chi connectivity index (χ4n) is 3.33. The molecule has 1 unspecified atom stereocenters. The average Bonchev–Trinajstić information content (AvgIpc) is 2.71. The van der Waals surface area contributed by atoms with Crippen molar-refractivity contribution >= 4 is 17.5 Å². The number of nitrogens with one attached hydrogen (secondary N) is 2. The molecule has 1 aliphatic heterocycles. The van der Waals surface area contributed by atoms with Gasteiger partial charge in [-0.3, -0.25) is 9.59 Å². The molecule has 1 atom stereocenters. The Labute approximate surface area is 171 Å². The van der Waals surface area contributed by atoms with Crippen LogP contribution in [0.25, 0.3) is 0 Å². The van der Waals surface area contributed by atoms with Gasteiger partial charge in [0.1, 0.15) is 13.2 Å². The molecule has 0 radical (unpaired) electrons. The van der Waals surface area contributed by atoms with Crippen molar-refractivity contribution in [2.24, 2.45) is 5.92 Å². The highest BCUT2D eigenvalue weighted by atomic mass is 16.6. The Bertz CT molecular complexity index is 862. The minimum atomic E-state index is -0.286. The normalized spacial score (nSPS) is 13.7. The number of ether oxygens (including phenoxy) is 2. The maximum atomic E-state index is 12.4. The van der Waals surface area contributed by atoms with Crippen molar-refractivity contribution in [2.45, 2.75) is 33.1 Å². The smallest absolute Gasteiger partial charge is 0.243 e. The van der Waals surface area contributed by atoms with Crippen LogP contribution in [0.5, 0.6) is 11.5 Å². The first kappa shape index (κ1) is 20.7. The van der Waals surface area contributed by atoms with Gasteiger partial charge in [0.25, 0.3) is 0 Å². The van der Waals surface area contributed by atoms with E-state index in [4.69, 9.17) is 9.47 Å². The lowest BCUT2D eigenvalue weighted by Crippen LogP contribution is -2.34. The van der Waals surface area contributed by atoms with E-state index in [0.717, 1.165) is 5.56 Å². The van der Waals surface area contributed by atoms with Crippen LogP contribution in [0.4, 0.5) is 5.69 Å². The molecule has 0 fully saturated rings. The molecule has 0 saturated heterocycles. The zero-order valence-corrected chi connectivity index (χ0v) is 17.2. The second-order valence-corrected chi connectivity index (χ2v) is 7.65. The van der Waals surface area contributed by atoms with Crippen LogP contribution in [0.3, 0.4) is 0 Å². The summed E-state index contributed by atoms with van der Waals surface area (Å²) in [6.45, 7) is 7.18. The topological polar surface area (TPSA) is 76.7 Å². The van der Waals surface area contributed by atoms with Gasteiger partial charge in [-0.15, -0.1) is 0 Å². The summed E-state index contributed by atoms with van der Waals surface area (Å²) in [4.78, 5) is 24.6. The van der Waals surface area contributed by atoms with Gasteiger partial charge in [-0.2, -0.15) is 0 Å². The molecule has 1 heterocycles. The summed E-state index contributed by atoms with van der Waals surface area (Å²) in [7, 11) is 0. The van der Waals surface area contributed by atoms with Crippen molar-refractivity contribution in [3.8, 4) is 11.5 Å². The minimum Gasteiger partial charge on any atom is -0.486 e. The molecule has 2 N–H and O–H groups in total. The number of amides is 2. The highest BCUT2D eigenvalue weighted by Gasteiger charge is 2.20. The number of hydrogen-bond donors (Lipinski definition) is 2. The van der Waals surface area contributed by atoms with E-state index < -0.39 is 0 Å². The molecule has 3 rings (SSSR count). The summed E-state index contributed by atoms with van der Waals surface area (Å²) in [6, 6.07) is 13.5. The Morgan fingerprint density at radius 2 is 1.66 bits per heavy atom. The monoisotopic (exact) mass is 396 g/mol. The van der Waals surface area contributed by atoms with E-state index in [9.17, 15) is 9.59 Å². The third-order valence-corrected chi connectivity index (χ3v) is 4.99. The summed E-state index contributed by atoms with van der Waals surface area (Å²) in [6.07, 6.45) is 0.345. The molecule has 6 heteroatoms. The van der Waals surface area contributed by atoms with Gasteiger partial charge < -0.3 is 20.1 Å². The molecule has 0 bridgehead atoms. The molecular formula is C23H28N2O4. The molecule has 2 aromatic rings. The van der Waals surface area contributed by atoms with Gasteiger partial charge in [-0.1, -0.05) is 43.7 Å². The van der Waals surface area contributed by atoms with E-state index in [1.807, 2.05) is 6.92 Å². The van der Waals surface area contributed by atoms with Gasteiger partial charge in [0.05, 0.1) is 6.54 Å². The molecule has 2 amide bonds. The lowest BCUT2D eigenvalue weighted by molar-refractivity contribution is -0.124. The molecule has 0 aromatic heterocycles. The summed E-state index contributed by atoms with van der Waals surface area (Å²) >= 11 is 0. The van der Waals surface area contributed by atoms with Crippen LogP contribution in [0.1, 0.15) is 37.3 Å². The predicted molar refractivity (Wildman–Crippen MR) is 112 cm³/mol. The maximum Gasteiger partial charge on any atom is 0.243 e. The van der Waals surface area contributed by atoms with Crippen molar-refractivity contribution in [3.63, 3.8) is 0 Å². The second kappa shape index (κ2) is 9.45. The molecule has 0 saturated carbocycles. The van der Waals surface area contributed by atoms with Crippen molar-refractivity contribution in [1.29, 1.82) is 0 Å². The fraction of sp³-hybridized carbons (Fsp3) is 0.391. The Kier molecular flexibility index (Phi) is 6.75. The third-order valence-electron chi connectivity index (χ3n) is 4.99. The summed E-state index contributed by atoms with van der Waals surface area (Å²) in [5.74, 6) is 1.27. The van der Waals surface area contributed by atoms with Crippen LogP contribution in [-0.4, -0.2) is 31.6 Å². The molecule has 0 aliphatic carbocycles. The second-order valence-electron chi connectivity index (χ2n) is 7.65. The molecule has 2 aromatic carbocycles. The summed E-state index contributed by atoms with van der Waals surface area (Å²) in [5.41, 5.74) is 2.94. The number of carbonyl (C=O) groups is 2. The first-order valence-corrected chi connectivity index (χ1v) is 9.95. The number of aryl methyl sites for hydroxylation is 1. The van der Waals surface area contributed by atoms with Crippen LogP contribution in [0.15, 0.2) is 42.5 Å². The van der Waals surface area contributed by atoms with E-state index in [1.54, 1.807) is 18.2 Å². The Morgan fingerprint density at radius 3 is 2.34 bits per heavy atom. The predicted octanol–water partition coefficient (Wildman–Crippen LogP) is 3.65. The number of fused-ring (bicyclic) bond motifs is 1. The Hall–Kier alpha value is -3.02. The SMILES string of the molecule is Cc1ccc(C(CC(=O)NCC(=O)Nc2ccc3c(c2)OCCO3)C(C)C)cc1. The minimum absolute atomic E-state index is 0.0774. The quantitative estimate of drug-likeness (QED) is 0.749. The van der Waals surface area contributed by atoms with E-state index in [0.29, 0.717) is 42.7 Å². The maximum absolute atomic E-state index is 12.4. The average molecular weight is 396 g/mol. The van der Waals surface area contributed by atoms with Crippen molar-refractivity contribution < 1.29 is 19.1 Å². The van der Waals surface area contributed by atoms with E-state index in [1.165, 1.54) is 5.56 Å². The molecule has 154 valence electrons. The van der Waals surface area contributed by atoms with Gasteiger partial charge in [0.2, 0.25) is 11.8 Å². The molecule has 6 nitrogen and oxygen atoms in total. The van der Waals surface area contributed by atoms with E-state index >= 15 is 0 Å². The summed E-state index contributed by atoms with van der Waals surface area (Å²) < 4.78 is 11.0. The first-order valence-electron chi connectivity index (χ1n) is 9.95. The van der Waals surface area contributed by atoms with Crippen LogP contribution < -0.4 is 20.1 Å². The van der Waals surface area contributed by atoms with E-state index in [2.05, 4.69) is 48.7 Å².